The second-order valence-corrected chi connectivity index (χ2v) is 12.7. The molecule has 0 aromatic heterocycles. The lowest BCUT2D eigenvalue weighted by molar-refractivity contribution is -0.205. The lowest BCUT2D eigenvalue weighted by Gasteiger charge is -2.59. The fourth-order valence-electron chi connectivity index (χ4n) is 8.99. The van der Waals surface area contributed by atoms with Crippen LogP contribution in [0.2, 0.25) is 0 Å². The van der Waals surface area contributed by atoms with Gasteiger partial charge < -0.3 is 10.2 Å². The van der Waals surface area contributed by atoms with Crippen LogP contribution in [0, 0.1) is 40.4 Å². The van der Waals surface area contributed by atoms with Crippen LogP contribution in [-0.2, 0) is 0 Å². The van der Waals surface area contributed by atoms with Gasteiger partial charge in [-0.05, 0) is 105 Å². The van der Waals surface area contributed by atoms with Crippen molar-refractivity contribution in [3.05, 3.63) is 11.6 Å². The summed E-state index contributed by atoms with van der Waals surface area (Å²) >= 11 is 0. The summed E-state index contributed by atoms with van der Waals surface area (Å²) in [6.45, 7) is 9.28. The first-order chi connectivity index (χ1) is 15.3. The van der Waals surface area contributed by atoms with Gasteiger partial charge in [-0.2, -0.15) is 13.2 Å². The van der Waals surface area contributed by atoms with Gasteiger partial charge in [0, 0.05) is 0 Å². The van der Waals surface area contributed by atoms with E-state index in [1.165, 1.54) is 31.3 Å². The van der Waals surface area contributed by atoms with Crippen molar-refractivity contribution in [2.24, 2.45) is 40.4 Å². The van der Waals surface area contributed by atoms with E-state index in [4.69, 9.17) is 0 Å². The molecular weight excluding hydrogens is 425 g/mol. The zero-order valence-corrected chi connectivity index (χ0v) is 21.1. The fraction of sp³-hybridized carbons (Fsp3) is 0.929. The second-order valence-electron chi connectivity index (χ2n) is 12.7. The third-order valence-corrected chi connectivity index (χ3v) is 11.2. The Balaban J connectivity index is 1.43. The van der Waals surface area contributed by atoms with Gasteiger partial charge in [0.05, 0.1) is 5.60 Å². The van der Waals surface area contributed by atoms with Crippen molar-refractivity contribution >= 4 is 0 Å². The van der Waals surface area contributed by atoms with Crippen molar-refractivity contribution < 1.29 is 23.4 Å². The molecule has 2 N–H and O–H groups in total. The van der Waals surface area contributed by atoms with Gasteiger partial charge in [0.25, 0.3) is 0 Å². The van der Waals surface area contributed by atoms with Crippen LogP contribution in [-0.4, -0.2) is 28.1 Å². The highest BCUT2D eigenvalue weighted by Crippen LogP contribution is 2.67. The minimum absolute atomic E-state index is 0.179. The number of halogens is 3. The van der Waals surface area contributed by atoms with E-state index < -0.39 is 17.9 Å². The Kier molecular flexibility index (Phi) is 6.84. The lowest BCUT2D eigenvalue weighted by atomic mass is 9.46. The van der Waals surface area contributed by atoms with E-state index in [1.54, 1.807) is 0 Å². The first-order valence-corrected chi connectivity index (χ1v) is 13.5. The van der Waals surface area contributed by atoms with Gasteiger partial charge in [-0.3, -0.25) is 0 Å². The molecule has 5 heteroatoms. The molecular formula is C28H45F3O2. The largest absolute Gasteiger partial charge is 0.414 e. The van der Waals surface area contributed by atoms with E-state index in [1.807, 2.05) is 0 Å². The van der Waals surface area contributed by atoms with Gasteiger partial charge in [0.15, 0.2) is 0 Å². The number of allylic oxidation sites excluding steroid dienone is 1. The normalized spacial score (nSPS) is 44.9. The molecule has 0 aromatic carbocycles. The van der Waals surface area contributed by atoms with Crippen molar-refractivity contribution in [1.29, 1.82) is 0 Å². The minimum Gasteiger partial charge on any atom is -0.390 e. The molecule has 0 heterocycles. The van der Waals surface area contributed by atoms with Gasteiger partial charge in [-0.1, -0.05) is 52.2 Å². The van der Waals surface area contributed by atoms with E-state index in [-0.39, 0.29) is 17.3 Å². The first kappa shape index (κ1) is 25.5. The van der Waals surface area contributed by atoms with Crippen LogP contribution in [0.5, 0.6) is 0 Å². The molecule has 0 radical (unpaired) electrons. The van der Waals surface area contributed by atoms with E-state index in [0.29, 0.717) is 36.0 Å². The summed E-state index contributed by atoms with van der Waals surface area (Å²) in [6, 6.07) is 0. The van der Waals surface area contributed by atoms with Gasteiger partial charge in [0.2, 0.25) is 0 Å². The van der Waals surface area contributed by atoms with Gasteiger partial charge in [-0.15, -0.1) is 0 Å². The van der Waals surface area contributed by atoms with Crippen molar-refractivity contribution in [2.75, 3.05) is 0 Å². The zero-order valence-electron chi connectivity index (χ0n) is 21.1. The molecule has 0 aliphatic heterocycles. The topological polar surface area (TPSA) is 40.5 Å². The predicted octanol–water partition coefficient (Wildman–Crippen LogP) is 7.44. The van der Waals surface area contributed by atoms with Crippen molar-refractivity contribution in [3.63, 3.8) is 0 Å². The molecule has 3 saturated carbocycles. The molecule has 2 nitrogen and oxygen atoms in total. The van der Waals surface area contributed by atoms with Crippen LogP contribution in [0.15, 0.2) is 11.6 Å². The minimum atomic E-state index is -4.50. The highest BCUT2D eigenvalue weighted by atomic mass is 19.4. The molecule has 190 valence electrons. The standard InChI is InChI=1S/C28H45F3O2/c1-5-27(33)16-15-25(3)19(17-27)9-10-20-22-12-11-21(26(22,4)14-13-23(20)25)18(2)7-6-8-24(32)28(29,30)31/h9,18,20-24,32-33H,5-8,10-17H2,1-4H3/t18-,20+,21-,22+,23+,24?,25+,26-,27+/m1/s1. The monoisotopic (exact) mass is 470 g/mol. The summed E-state index contributed by atoms with van der Waals surface area (Å²) in [4.78, 5) is 0. The van der Waals surface area contributed by atoms with Gasteiger partial charge in [-0.25, -0.2) is 0 Å². The second kappa shape index (κ2) is 8.84. The summed E-state index contributed by atoms with van der Waals surface area (Å²) in [5.74, 6) is 3.08. The summed E-state index contributed by atoms with van der Waals surface area (Å²) in [7, 11) is 0. The predicted molar refractivity (Wildman–Crippen MR) is 126 cm³/mol. The number of aliphatic hydroxyl groups is 2. The molecule has 0 saturated heterocycles. The molecule has 4 rings (SSSR count). The summed E-state index contributed by atoms with van der Waals surface area (Å²) in [5.41, 5.74) is 1.50. The lowest BCUT2D eigenvalue weighted by Crippen LogP contribution is -2.52. The van der Waals surface area contributed by atoms with Crippen LogP contribution >= 0.6 is 0 Å². The van der Waals surface area contributed by atoms with Gasteiger partial charge >= 0.3 is 6.18 Å². The molecule has 1 unspecified atom stereocenters. The first-order valence-electron chi connectivity index (χ1n) is 13.5. The Bertz CT molecular complexity index is 748. The third kappa shape index (κ3) is 4.43. The van der Waals surface area contributed by atoms with E-state index in [2.05, 4.69) is 33.8 Å². The number of rotatable bonds is 6. The Morgan fingerprint density at radius 1 is 1.06 bits per heavy atom. The number of alkyl halides is 3. The van der Waals surface area contributed by atoms with E-state index >= 15 is 0 Å². The van der Waals surface area contributed by atoms with Crippen molar-refractivity contribution in [3.8, 4) is 0 Å². The molecule has 4 aliphatic rings. The summed E-state index contributed by atoms with van der Waals surface area (Å²) < 4.78 is 38.0. The van der Waals surface area contributed by atoms with Crippen molar-refractivity contribution in [2.45, 2.75) is 123 Å². The van der Waals surface area contributed by atoms with Crippen LogP contribution in [0.4, 0.5) is 13.2 Å². The van der Waals surface area contributed by atoms with Crippen LogP contribution in [0.1, 0.15) is 105 Å². The Morgan fingerprint density at radius 3 is 2.45 bits per heavy atom. The smallest absolute Gasteiger partial charge is 0.390 e. The maximum absolute atomic E-state index is 12.7. The Morgan fingerprint density at radius 2 is 1.79 bits per heavy atom. The summed E-state index contributed by atoms with van der Waals surface area (Å²) in [6.07, 6.45) is 6.54. The highest BCUT2D eigenvalue weighted by molar-refractivity contribution is 5.27. The van der Waals surface area contributed by atoms with Crippen LogP contribution < -0.4 is 0 Å². The molecule has 33 heavy (non-hydrogen) atoms. The molecule has 0 spiro atoms. The number of hydrogen-bond acceptors (Lipinski definition) is 2. The third-order valence-electron chi connectivity index (χ3n) is 11.2. The fourth-order valence-corrected chi connectivity index (χ4v) is 8.99. The molecule has 4 aliphatic carbocycles. The number of fused-ring (bicyclic) bond motifs is 5. The SMILES string of the molecule is CC[C@]1(O)CC[C@@]2(C)C(=CC[C@H]3[C@@H]4CC[C@H]([C@H](C)CCCC(O)C(F)(F)F)[C@@]4(C)CC[C@@H]32)C1. The average molecular weight is 471 g/mol. The molecule has 9 atom stereocenters. The highest BCUT2D eigenvalue weighted by Gasteiger charge is 2.59. The molecule has 0 aromatic rings. The Labute approximate surface area is 198 Å². The van der Waals surface area contributed by atoms with Crippen LogP contribution in [0.25, 0.3) is 0 Å². The number of hydrogen-bond donors (Lipinski definition) is 2. The van der Waals surface area contributed by atoms with E-state index in [0.717, 1.165) is 38.5 Å². The maximum Gasteiger partial charge on any atom is 0.414 e. The number of aliphatic hydroxyl groups excluding tert-OH is 1. The van der Waals surface area contributed by atoms with Crippen LogP contribution in [0.3, 0.4) is 0 Å². The zero-order chi connectivity index (χ0) is 24.2. The summed E-state index contributed by atoms with van der Waals surface area (Å²) in [5, 5.41) is 20.3. The van der Waals surface area contributed by atoms with Gasteiger partial charge in [0.1, 0.15) is 6.10 Å². The maximum atomic E-state index is 12.7. The quantitative estimate of drug-likeness (QED) is 0.396. The van der Waals surface area contributed by atoms with E-state index in [9.17, 15) is 23.4 Å². The molecule has 3 fully saturated rings. The van der Waals surface area contributed by atoms with Crippen molar-refractivity contribution in [1.82, 2.24) is 0 Å². The molecule has 0 bridgehead atoms. The molecule has 0 amide bonds. The average Bonchev–Trinajstić information content (AvgIpc) is 3.11. The Hall–Kier alpha value is -0.550.